The molecule has 0 fully saturated rings. The van der Waals surface area contributed by atoms with Gasteiger partial charge in [0.15, 0.2) is 0 Å². The second-order valence-electron chi connectivity index (χ2n) is 2.02. The molecule has 0 saturated carbocycles. The van der Waals surface area contributed by atoms with Gasteiger partial charge in [0.25, 0.3) is 5.56 Å². The van der Waals surface area contributed by atoms with Gasteiger partial charge in [0.05, 0.1) is 0 Å². The molecule has 0 bridgehead atoms. The summed E-state index contributed by atoms with van der Waals surface area (Å²) in [5, 5.41) is 0. The highest BCUT2D eigenvalue weighted by Crippen LogP contribution is 1.93. The van der Waals surface area contributed by atoms with Crippen LogP contribution in [0.1, 0.15) is 0 Å². The number of halogens is 1. The van der Waals surface area contributed by atoms with Gasteiger partial charge in [-0.05, 0) is 0 Å². The molecule has 0 aliphatic heterocycles. The van der Waals surface area contributed by atoms with Gasteiger partial charge in [0.2, 0.25) is 5.82 Å². The summed E-state index contributed by atoms with van der Waals surface area (Å²) in [6.07, 6.45) is 0. The first-order valence-corrected chi connectivity index (χ1v) is 2.78. The predicted molar refractivity (Wildman–Crippen MR) is 36.7 cm³/mol. The molecule has 11 heavy (non-hydrogen) atoms. The zero-order valence-corrected chi connectivity index (χ0v) is 5.72. The molecule has 0 atom stereocenters. The topological polar surface area (TPSA) is 80.9 Å². The molecule has 0 saturated heterocycles. The van der Waals surface area contributed by atoms with Crippen LogP contribution in [0.25, 0.3) is 0 Å². The van der Waals surface area contributed by atoms with Crippen LogP contribution in [-0.4, -0.2) is 9.55 Å². The van der Waals surface area contributed by atoms with Crippen LogP contribution in [0.4, 0.5) is 10.2 Å². The van der Waals surface area contributed by atoms with E-state index >= 15 is 0 Å². The first-order valence-electron chi connectivity index (χ1n) is 2.78. The molecular formula is C5H6FN3O2. The maximum Gasteiger partial charge on any atom is 0.329 e. The minimum Gasteiger partial charge on any atom is -0.383 e. The van der Waals surface area contributed by atoms with Crippen molar-refractivity contribution in [2.24, 2.45) is 7.05 Å². The molecule has 1 rings (SSSR count). The van der Waals surface area contributed by atoms with E-state index in [2.05, 4.69) is 0 Å². The summed E-state index contributed by atoms with van der Waals surface area (Å²) in [6, 6.07) is 0. The number of hydrogen-bond acceptors (Lipinski definition) is 3. The highest BCUT2D eigenvalue weighted by Gasteiger charge is 2.07. The monoisotopic (exact) mass is 159 g/mol. The van der Waals surface area contributed by atoms with Crippen LogP contribution in [0, 0.1) is 5.82 Å². The molecule has 1 aromatic rings. The maximum atomic E-state index is 12.5. The number of H-pyrrole nitrogens is 1. The summed E-state index contributed by atoms with van der Waals surface area (Å²) >= 11 is 0. The Kier molecular flexibility index (Phi) is 1.52. The fourth-order valence-corrected chi connectivity index (χ4v) is 0.609. The molecule has 0 amide bonds. The third kappa shape index (κ3) is 1.02. The standard InChI is InChI=1S/C5H6FN3O2/c1-9-4(10)2(6)3(7)8-5(9)11/h7H2,1H3,(H,8,11). The van der Waals surface area contributed by atoms with Crippen molar-refractivity contribution in [3.05, 3.63) is 26.7 Å². The average Bonchev–Trinajstić information content (AvgIpc) is 1.97. The van der Waals surface area contributed by atoms with Crippen molar-refractivity contribution < 1.29 is 4.39 Å². The molecule has 3 N–H and O–H groups in total. The Bertz CT molecular complexity index is 392. The Morgan fingerprint density at radius 1 is 1.55 bits per heavy atom. The summed E-state index contributed by atoms with van der Waals surface area (Å²) < 4.78 is 13.1. The van der Waals surface area contributed by atoms with E-state index in [0.717, 1.165) is 7.05 Å². The van der Waals surface area contributed by atoms with E-state index in [1.54, 1.807) is 0 Å². The third-order valence-electron chi connectivity index (χ3n) is 1.28. The van der Waals surface area contributed by atoms with Crippen molar-refractivity contribution in [2.75, 3.05) is 5.73 Å². The quantitative estimate of drug-likeness (QED) is 0.498. The number of aromatic amines is 1. The van der Waals surface area contributed by atoms with Crippen molar-refractivity contribution in [1.82, 2.24) is 9.55 Å². The van der Waals surface area contributed by atoms with Gasteiger partial charge in [-0.3, -0.25) is 14.3 Å². The van der Waals surface area contributed by atoms with Gasteiger partial charge >= 0.3 is 5.69 Å². The Morgan fingerprint density at radius 3 is 2.64 bits per heavy atom. The van der Waals surface area contributed by atoms with Gasteiger partial charge in [-0.15, -0.1) is 0 Å². The maximum absolute atomic E-state index is 12.5. The van der Waals surface area contributed by atoms with Crippen LogP contribution in [-0.2, 0) is 7.05 Å². The van der Waals surface area contributed by atoms with E-state index in [1.165, 1.54) is 0 Å². The molecule has 0 radical (unpaired) electrons. The predicted octanol–water partition coefficient (Wildman–Crippen LogP) is -1.21. The number of hydrogen-bond donors (Lipinski definition) is 2. The van der Waals surface area contributed by atoms with Crippen molar-refractivity contribution in [3.8, 4) is 0 Å². The van der Waals surface area contributed by atoms with Crippen molar-refractivity contribution in [1.29, 1.82) is 0 Å². The van der Waals surface area contributed by atoms with Crippen LogP contribution < -0.4 is 17.0 Å². The lowest BCUT2D eigenvalue weighted by Gasteiger charge is -1.97. The minimum atomic E-state index is -1.13. The number of nitrogens with zero attached hydrogens (tertiary/aromatic N) is 1. The summed E-state index contributed by atoms with van der Waals surface area (Å²) in [5.74, 6) is -1.66. The number of nitrogens with two attached hydrogens (primary N) is 1. The van der Waals surface area contributed by atoms with Crippen molar-refractivity contribution in [2.45, 2.75) is 0 Å². The molecular weight excluding hydrogens is 153 g/mol. The van der Waals surface area contributed by atoms with E-state index < -0.39 is 22.9 Å². The SMILES string of the molecule is Cn1c(=O)[nH]c(N)c(F)c1=O. The Labute approximate surface area is 60.3 Å². The molecule has 0 unspecified atom stereocenters. The second kappa shape index (κ2) is 2.22. The highest BCUT2D eigenvalue weighted by molar-refractivity contribution is 5.26. The lowest BCUT2D eigenvalue weighted by atomic mass is 10.5. The van der Waals surface area contributed by atoms with E-state index in [0.29, 0.717) is 4.57 Å². The van der Waals surface area contributed by atoms with E-state index in [1.807, 2.05) is 4.98 Å². The molecule has 0 aliphatic rings. The summed E-state index contributed by atoms with van der Waals surface area (Å²) in [6.45, 7) is 0. The van der Waals surface area contributed by atoms with Gasteiger partial charge < -0.3 is 5.73 Å². The van der Waals surface area contributed by atoms with Gasteiger partial charge in [-0.1, -0.05) is 0 Å². The smallest absolute Gasteiger partial charge is 0.329 e. The molecule has 0 aromatic carbocycles. The van der Waals surface area contributed by atoms with E-state index in [-0.39, 0.29) is 0 Å². The number of nitrogens with one attached hydrogen (secondary N) is 1. The van der Waals surface area contributed by atoms with Crippen molar-refractivity contribution >= 4 is 5.82 Å². The fraction of sp³-hybridized carbons (Fsp3) is 0.200. The molecule has 60 valence electrons. The first kappa shape index (κ1) is 7.52. The third-order valence-corrected chi connectivity index (χ3v) is 1.28. The normalized spacial score (nSPS) is 10.0. The Hall–Kier alpha value is -1.59. The lowest BCUT2D eigenvalue weighted by molar-refractivity contribution is 0.577. The molecule has 5 nitrogen and oxygen atoms in total. The average molecular weight is 159 g/mol. The molecule has 1 heterocycles. The van der Waals surface area contributed by atoms with Crippen LogP contribution in [0.15, 0.2) is 9.59 Å². The number of anilines is 1. The lowest BCUT2D eigenvalue weighted by Crippen LogP contribution is -2.35. The van der Waals surface area contributed by atoms with Gasteiger partial charge in [-0.25, -0.2) is 4.79 Å². The largest absolute Gasteiger partial charge is 0.383 e. The number of rotatable bonds is 0. The Morgan fingerprint density at radius 2 is 2.09 bits per heavy atom. The molecule has 6 heteroatoms. The molecule has 0 spiro atoms. The molecule has 0 aliphatic carbocycles. The van der Waals surface area contributed by atoms with Crippen molar-refractivity contribution in [3.63, 3.8) is 0 Å². The van der Waals surface area contributed by atoms with Crippen LogP contribution in [0.3, 0.4) is 0 Å². The molecule has 1 aromatic heterocycles. The number of aromatic nitrogens is 2. The van der Waals surface area contributed by atoms with E-state index in [9.17, 15) is 14.0 Å². The first-order chi connectivity index (χ1) is 5.04. The summed E-state index contributed by atoms with van der Waals surface area (Å²) in [7, 11) is 1.16. The fourth-order valence-electron chi connectivity index (χ4n) is 0.609. The second-order valence-corrected chi connectivity index (χ2v) is 2.02. The summed E-state index contributed by atoms with van der Waals surface area (Å²) in [4.78, 5) is 23.3. The zero-order chi connectivity index (χ0) is 8.59. The number of nitrogen functional groups attached to an aromatic ring is 1. The van der Waals surface area contributed by atoms with Gasteiger partial charge in [0.1, 0.15) is 5.82 Å². The summed E-state index contributed by atoms with van der Waals surface area (Å²) in [5.41, 5.74) is 3.20. The van der Waals surface area contributed by atoms with Crippen LogP contribution in [0.2, 0.25) is 0 Å². The van der Waals surface area contributed by atoms with Gasteiger partial charge in [-0.2, -0.15) is 4.39 Å². The van der Waals surface area contributed by atoms with Gasteiger partial charge in [0, 0.05) is 7.05 Å². The van der Waals surface area contributed by atoms with Crippen LogP contribution in [0.5, 0.6) is 0 Å². The Balaban J connectivity index is 3.74. The zero-order valence-electron chi connectivity index (χ0n) is 5.72. The van der Waals surface area contributed by atoms with Crippen LogP contribution >= 0.6 is 0 Å². The van der Waals surface area contributed by atoms with E-state index in [4.69, 9.17) is 5.73 Å². The highest BCUT2D eigenvalue weighted by atomic mass is 19.1. The minimum absolute atomic E-state index is 0.530.